The average molecular weight is 230 g/mol. The van der Waals surface area contributed by atoms with Crippen molar-refractivity contribution in [2.24, 2.45) is 0 Å². The van der Waals surface area contributed by atoms with Crippen molar-refractivity contribution >= 4 is 0 Å². The van der Waals surface area contributed by atoms with Crippen LogP contribution in [0.15, 0.2) is 24.3 Å². The van der Waals surface area contributed by atoms with Gasteiger partial charge in [0.1, 0.15) is 0 Å². The highest BCUT2D eigenvalue weighted by Gasteiger charge is 2.51. The van der Waals surface area contributed by atoms with Crippen LogP contribution in [0, 0.1) is 6.92 Å². The second-order valence-electron chi connectivity index (χ2n) is 5.61. The monoisotopic (exact) mass is 230 g/mol. The molecule has 1 aromatic carbocycles. The molecule has 3 rings (SSSR count). The van der Waals surface area contributed by atoms with Crippen molar-refractivity contribution in [2.45, 2.75) is 37.8 Å². The zero-order valence-electron chi connectivity index (χ0n) is 10.9. The summed E-state index contributed by atoms with van der Waals surface area (Å²) in [5, 5.41) is 3.58. The first-order valence-corrected chi connectivity index (χ1v) is 6.75. The predicted molar refractivity (Wildman–Crippen MR) is 71.1 cm³/mol. The quantitative estimate of drug-likeness (QED) is 0.855. The lowest BCUT2D eigenvalue weighted by molar-refractivity contribution is 0.0840. The molecule has 1 N–H and O–H groups in total. The molecule has 1 heterocycles. The van der Waals surface area contributed by atoms with Gasteiger partial charge in [0.25, 0.3) is 0 Å². The minimum atomic E-state index is 0.355. The van der Waals surface area contributed by atoms with E-state index in [4.69, 9.17) is 0 Å². The molecule has 2 nitrogen and oxygen atoms in total. The van der Waals surface area contributed by atoms with Crippen molar-refractivity contribution in [1.29, 1.82) is 0 Å². The zero-order chi connectivity index (χ0) is 11.9. The van der Waals surface area contributed by atoms with E-state index in [0.29, 0.717) is 11.6 Å². The Balaban J connectivity index is 1.93. The minimum Gasteiger partial charge on any atom is -0.313 e. The van der Waals surface area contributed by atoms with E-state index >= 15 is 0 Å². The van der Waals surface area contributed by atoms with Gasteiger partial charge >= 0.3 is 0 Å². The fourth-order valence-corrected chi connectivity index (χ4v) is 3.11. The number of likely N-dealkylation sites (N-methyl/N-ethyl adjacent to an activating group) is 1. The van der Waals surface area contributed by atoms with Crippen LogP contribution in [0.2, 0.25) is 0 Å². The van der Waals surface area contributed by atoms with Gasteiger partial charge in [0, 0.05) is 18.6 Å². The maximum atomic E-state index is 3.58. The average Bonchev–Trinajstić information content (AvgIpc) is 3.04. The molecule has 1 atom stereocenters. The van der Waals surface area contributed by atoms with E-state index in [1.165, 1.54) is 43.5 Å². The number of hydrogen-bond donors (Lipinski definition) is 1. The van der Waals surface area contributed by atoms with E-state index in [9.17, 15) is 0 Å². The Morgan fingerprint density at radius 2 is 2.06 bits per heavy atom. The standard InChI is InChI=1S/C15H22N2/c1-12-5-3-6-13(11-12)14(17-9-4-10-17)15(16-2)7-8-15/h3,5-6,11,14,16H,4,7-10H2,1-2H3. The van der Waals surface area contributed by atoms with Crippen molar-refractivity contribution in [2.75, 3.05) is 20.1 Å². The summed E-state index contributed by atoms with van der Waals surface area (Å²) in [6, 6.07) is 9.63. The molecular formula is C15H22N2. The molecule has 1 saturated heterocycles. The van der Waals surface area contributed by atoms with E-state index in [1.807, 2.05) is 0 Å². The van der Waals surface area contributed by atoms with Crippen molar-refractivity contribution < 1.29 is 0 Å². The van der Waals surface area contributed by atoms with Gasteiger partial charge in [-0.3, -0.25) is 4.90 Å². The second-order valence-corrected chi connectivity index (χ2v) is 5.61. The maximum absolute atomic E-state index is 3.58. The summed E-state index contributed by atoms with van der Waals surface area (Å²) in [5.74, 6) is 0. The highest BCUT2D eigenvalue weighted by molar-refractivity contribution is 5.31. The molecule has 0 spiro atoms. The Kier molecular flexibility index (Phi) is 2.72. The number of aryl methyl sites for hydroxylation is 1. The molecule has 1 unspecified atom stereocenters. The minimum absolute atomic E-state index is 0.355. The summed E-state index contributed by atoms with van der Waals surface area (Å²) < 4.78 is 0. The molecule has 1 aliphatic carbocycles. The van der Waals surface area contributed by atoms with Crippen LogP contribution in [-0.2, 0) is 0 Å². The van der Waals surface area contributed by atoms with Crippen molar-refractivity contribution in [3.8, 4) is 0 Å². The smallest absolute Gasteiger partial charge is 0.0530 e. The number of hydrogen-bond acceptors (Lipinski definition) is 2. The number of nitrogens with one attached hydrogen (secondary N) is 1. The first kappa shape index (κ1) is 11.2. The van der Waals surface area contributed by atoms with E-state index in [-0.39, 0.29) is 0 Å². The topological polar surface area (TPSA) is 15.3 Å². The van der Waals surface area contributed by atoms with Crippen LogP contribution in [0.3, 0.4) is 0 Å². The fourth-order valence-electron chi connectivity index (χ4n) is 3.11. The van der Waals surface area contributed by atoms with Crippen LogP contribution < -0.4 is 5.32 Å². The number of nitrogens with zero attached hydrogens (tertiary/aromatic N) is 1. The molecule has 2 heteroatoms. The Bertz CT molecular complexity index is 405. The molecule has 0 amide bonds. The van der Waals surface area contributed by atoms with Crippen molar-refractivity contribution in [1.82, 2.24) is 10.2 Å². The highest BCUT2D eigenvalue weighted by Crippen LogP contribution is 2.49. The van der Waals surface area contributed by atoms with E-state index in [0.717, 1.165) is 0 Å². The molecule has 1 aliphatic heterocycles. The molecule has 0 bridgehead atoms. The summed E-state index contributed by atoms with van der Waals surface area (Å²) in [5.41, 5.74) is 3.23. The number of rotatable bonds is 4. The lowest BCUT2D eigenvalue weighted by Gasteiger charge is -2.43. The zero-order valence-corrected chi connectivity index (χ0v) is 10.9. The van der Waals surface area contributed by atoms with Gasteiger partial charge in [-0.25, -0.2) is 0 Å². The molecule has 2 aliphatic rings. The normalized spacial score (nSPS) is 24.1. The third-order valence-corrected chi connectivity index (χ3v) is 4.42. The van der Waals surface area contributed by atoms with Crippen molar-refractivity contribution in [3.63, 3.8) is 0 Å². The lowest BCUT2D eigenvalue weighted by atomic mass is 9.92. The summed E-state index contributed by atoms with van der Waals surface area (Å²) in [6.07, 6.45) is 4.00. The highest BCUT2D eigenvalue weighted by atomic mass is 15.3. The van der Waals surface area contributed by atoms with Gasteiger partial charge in [0.2, 0.25) is 0 Å². The van der Waals surface area contributed by atoms with E-state index < -0.39 is 0 Å². The number of benzene rings is 1. The van der Waals surface area contributed by atoms with Gasteiger partial charge in [0.05, 0.1) is 6.04 Å². The fraction of sp³-hybridized carbons (Fsp3) is 0.600. The van der Waals surface area contributed by atoms with E-state index in [1.54, 1.807) is 0 Å². The van der Waals surface area contributed by atoms with E-state index in [2.05, 4.69) is 48.5 Å². The maximum Gasteiger partial charge on any atom is 0.0530 e. The molecule has 92 valence electrons. The van der Waals surface area contributed by atoms with Crippen LogP contribution in [0.5, 0.6) is 0 Å². The van der Waals surface area contributed by atoms with Crippen LogP contribution in [0.25, 0.3) is 0 Å². The first-order valence-electron chi connectivity index (χ1n) is 6.75. The lowest BCUT2D eigenvalue weighted by Crippen LogP contribution is -2.50. The molecule has 2 fully saturated rings. The van der Waals surface area contributed by atoms with Gasteiger partial charge in [-0.2, -0.15) is 0 Å². The molecule has 1 aromatic rings. The summed E-state index contributed by atoms with van der Waals surface area (Å²) in [7, 11) is 2.12. The van der Waals surface area contributed by atoms with Crippen molar-refractivity contribution in [3.05, 3.63) is 35.4 Å². The third-order valence-electron chi connectivity index (χ3n) is 4.42. The Labute approximate surface area is 104 Å². The molecule has 0 aromatic heterocycles. The van der Waals surface area contributed by atoms with Gasteiger partial charge in [-0.05, 0) is 38.8 Å². The first-order chi connectivity index (χ1) is 8.25. The van der Waals surface area contributed by atoms with Crippen LogP contribution in [0.1, 0.15) is 36.4 Å². The second kappa shape index (κ2) is 4.11. The Hall–Kier alpha value is -0.860. The van der Waals surface area contributed by atoms with Crippen LogP contribution >= 0.6 is 0 Å². The summed E-state index contributed by atoms with van der Waals surface area (Å²) in [6.45, 7) is 4.72. The SMILES string of the molecule is CNC1(C(c2cccc(C)c2)N2CCC2)CC1. The predicted octanol–water partition coefficient (Wildman–Crippen LogP) is 2.49. The van der Waals surface area contributed by atoms with Crippen LogP contribution in [0.4, 0.5) is 0 Å². The summed E-state index contributed by atoms with van der Waals surface area (Å²) in [4.78, 5) is 2.64. The van der Waals surface area contributed by atoms with Gasteiger partial charge < -0.3 is 5.32 Å². The molecule has 17 heavy (non-hydrogen) atoms. The van der Waals surface area contributed by atoms with Crippen LogP contribution in [-0.4, -0.2) is 30.6 Å². The van der Waals surface area contributed by atoms with Gasteiger partial charge in [-0.15, -0.1) is 0 Å². The Morgan fingerprint density at radius 1 is 1.29 bits per heavy atom. The third kappa shape index (κ3) is 1.90. The van der Waals surface area contributed by atoms with Gasteiger partial charge in [-0.1, -0.05) is 29.8 Å². The molecule has 0 radical (unpaired) electrons. The van der Waals surface area contributed by atoms with Gasteiger partial charge in [0.15, 0.2) is 0 Å². The summed E-state index contributed by atoms with van der Waals surface area (Å²) >= 11 is 0. The Morgan fingerprint density at radius 3 is 2.53 bits per heavy atom. The largest absolute Gasteiger partial charge is 0.313 e. The molecular weight excluding hydrogens is 208 g/mol. The molecule has 1 saturated carbocycles. The number of likely N-dealkylation sites (tertiary alicyclic amines) is 1.